The molecule has 3 N–H and O–H groups in total. The number of alkyl halides is 3. The van der Waals surface area contributed by atoms with E-state index in [4.69, 9.17) is 5.14 Å². The molecule has 1 saturated heterocycles. The molecular formula is C10H15F3N4O2S2. The van der Waals surface area contributed by atoms with E-state index in [1.54, 1.807) is 4.90 Å². The van der Waals surface area contributed by atoms with E-state index in [9.17, 15) is 21.6 Å². The Bertz CT molecular complexity index is 587. The van der Waals surface area contributed by atoms with Crippen LogP contribution in [0, 0.1) is 5.92 Å². The molecule has 2 rings (SSSR count). The molecule has 0 spiro atoms. The zero-order valence-electron chi connectivity index (χ0n) is 10.9. The normalized spacial score (nSPS) is 20.8. The zero-order valence-corrected chi connectivity index (χ0v) is 12.6. The van der Waals surface area contributed by atoms with Crippen LogP contribution in [0.15, 0.2) is 5.38 Å². The summed E-state index contributed by atoms with van der Waals surface area (Å²) in [6.07, 6.45) is -2.90. The summed E-state index contributed by atoms with van der Waals surface area (Å²) in [5, 5.41) is 6.16. The van der Waals surface area contributed by atoms with Crippen LogP contribution in [0.5, 0.6) is 0 Å². The Labute approximate surface area is 124 Å². The molecule has 0 amide bonds. The predicted octanol–water partition coefficient (Wildman–Crippen LogP) is 1.17. The van der Waals surface area contributed by atoms with Crippen molar-refractivity contribution < 1.29 is 21.6 Å². The minimum atomic E-state index is -4.45. The van der Waals surface area contributed by atoms with E-state index < -0.39 is 22.1 Å². The Balaban J connectivity index is 1.99. The summed E-state index contributed by atoms with van der Waals surface area (Å²) >= 11 is 0.940. The van der Waals surface area contributed by atoms with E-state index in [0.29, 0.717) is 18.2 Å². The van der Waals surface area contributed by atoms with Crippen LogP contribution in [0.2, 0.25) is 0 Å². The molecule has 1 atom stereocenters. The van der Waals surface area contributed by atoms with Crippen molar-refractivity contribution >= 4 is 26.7 Å². The monoisotopic (exact) mass is 344 g/mol. The van der Waals surface area contributed by atoms with Gasteiger partial charge in [0.25, 0.3) is 10.2 Å². The molecule has 1 fully saturated rings. The molecule has 1 aliphatic rings. The molecule has 6 nitrogen and oxygen atoms in total. The van der Waals surface area contributed by atoms with Gasteiger partial charge in [-0.1, -0.05) is 0 Å². The summed E-state index contributed by atoms with van der Waals surface area (Å²) in [5.41, 5.74) is -0.896. The molecule has 1 aliphatic heterocycles. The van der Waals surface area contributed by atoms with Crippen LogP contribution in [0.1, 0.15) is 18.5 Å². The number of piperidine rings is 1. The van der Waals surface area contributed by atoms with E-state index in [-0.39, 0.29) is 12.5 Å². The number of rotatable bonds is 4. The average Bonchev–Trinajstić information content (AvgIpc) is 2.85. The van der Waals surface area contributed by atoms with Crippen LogP contribution in [0.25, 0.3) is 0 Å². The molecule has 0 unspecified atom stereocenters. The smallest absolute Gasteiger partial charge is 0.348 e. The number of nitrogens with two attached hydrogens (primary N) is 1. The molecular weight excluding hydrogens is 329 g/mol. The molecule has 0 aromatic carbocycles. The fourth-order valence-corrected chi connectivity index (χ4v) is 3.52. The third-order valence-corrected chi connectivity index (χ3v) is 4.62. The minimum Gasteiger partial charge on any atom is -0.348 e. The summed E-state index contributed by atoms with van der Waals surface area (Å²) in [7, 11) is -3.75. The lowest BCUT2D eigenvalue weighted by atomic mass is 9.99. The topological polar surface area (TPSA) is 88.3 Å². The standard InChI is InChI=1S/C10H15F3N4O2S2/c11-10(12,13)8-6-20-9(16-8)17-3-1-2-7(5-17)4-15-21(14,18)19/h6-7,15H,1-5H2,(H2,14,18,19)/t7-/m1/s1. The van der Waals surface area contributed by atoms with Crippen molar-refractivity contribution in [1.29, 1.82) is 0 Å². The average molecular weight is 344 g/mol. The van der Waals surface area contributed by atoms with E-state index in [1.807, 2.05) is 0 Å². The van der Waals surface area contributed by atoms with Gasteiger partial charge >= 0.3 is 6.18 Å². The van der Waals surface area contributed by atoms with Crippen molar-refractivity contribution in [1.82, 2.24) is 9.71 Å². The highest BCUT2D eigenvalue weighted by Gasteiger charge is 2.34. The van der Waals surface area contributed by atoms with Gasteiger partial charge in [-0.05, 0) is 18.8 Å². The molecule has 0 radical (unpaired) electrons. The quantitative estimate of drug-likeness (QED) is 0.858. The maximum Gasteiger partial charge on any atom is 0.434 e. The molecule has 0 bridgehead atoms. The van der Waals surface area contributed by atoms with Crippen molar-refractivity contribution in [3.63, 3.8) is 0 Å². The van der Waals surface area contributed by atoms with Gasteiger partial charge in [-0.15, -0.1) is 11.3 Å². The number of hydrogen-bond donors (Lipinski definition) is 2. The number of anilines is 1. The zero-order chi connectivity index (χ0) is 15.7. The van der Waals surface area contributed by atoms with Gasteiger partial charge in [0.2, 0.25) is 0 Å². The molecule has 1 aromatic rings. The van der Waals surface area contributed by atoms with Crippen LogP contribution in [0.3, 0.4) is 0 Å². The van der Waals surface area contributed by atoms with Crippen LogP contribution in [0.4, 0.5) is 18.3 Å². The minimum absolute atomic E-state index is 0.00434. The Hall–Kier alpha value is -0.910. The molecule has 0 saturated carbocycles. The van der Waals surface area contributed by atoms with Crippen molar-refractivity contribution in [2.45, 2.75) is 19.0 Å². The van der Waals surface area contributed by atoms with Crippen molar-refractivity contribution in [3.8, 4) is 0 Å². The van der Waals surface area contributed by atoms with Crippen molar-refractivity contribution in [3.05, 3.63) is 11.1 Å². The number of thiazole rings is 1. The first-order valence-electron chi connectivity index (χ1n) is 6.20. The maximum absolute atomic E-state index is 12.5. The first-order chi connectivity index (χ1) is 9.65. The summed E-state index contributed by atoms with van der Waals surface area (Å²) in [5.74, 6) is -0.00434. The second-order valence-electron chi connectivity index (χ2n) is 4.86. The predicted molar refractivity (Wildman–Crippen MR) is 73.2 cm³/mol. The van der Waals surface area contributed by atoms with Gasteiger partial charge in [0.1, 0.15) is 0 Å². The third-order valence-electron chi connectivity index (χ3n) is 3.15. The molecule has 11 heteroatoms. The molecule has 2 heterocycles. The highest BCUT2D eigenvalue weighted by Crippen LogP contribution is 2.34. The summed E-state index contributed by atoms with van der Waals surface area (Å²) < 4.78 is 61.5. The Morgan fingerprint density at radius 1 is 1.52 bits per heavy atom. The molecule has 1 aromatic heterocycles. The maximum atomic E-state index is 12.5. The second-order valence-corrected chi connectivity index (χ2v) is 7.08. The lowest BCUT2D eigenvalue weighted by Crippen LogP contribution is -2.42. The Kier molecular flexibility index (Phi) is 4.76. The van der Waals surface area contributed by atoms with Crippen LogP contribution in [-0.2, 0) is 16.4 Å². The first-order valence-corrected chi connectivity index (χ1v) is 8.63. The van der Waals surface area contributed by atoms with Crippen LogP contribution in [-0.4, -0.2) is 33.0 Å². The number of nitrogens with one attached hydrogen (secondary N) is 1. The number of hydrogen-bond acceptors (Lipinski definition) is 5. The first kappa shape index (κ1) is 16.5. The van der Waals surface area contributed by atoms with Gasteiger partial charge < -0.3 is 4.90 Å². The molecule has 21 heavy (non-hydrogen) atoms. The number of nitrogens with zero attached hydrogens (tertiary/aromatic N) is 2. The second kappa shape index (κ2) is 6.07. The highest BCUT2D eigenvalue weighted by molar-refractivity contribution is 7.87. The van der Waals surface area contributed by atoms with Crippen molar-refractivity contribution in [2.75, 3.05) is 24.5 Å². The van der Waals surface area contributed by atoms with Gasteiger partial charge in [0.15, 0.2) is 10.8 Å². The fourth-order valence-electron chi connectivity index (χ4n) is 2.18. The van der Waals surface area contributed by atoms with Crippen molar-refractivity contribution in [2.24, 2.45) is 11.1 Å². The Morgan fingerprint density at radius 3 is 2.81 bits per heavy atom. The van der Waals surface area contributed by atoms with Gasteiger partial charge in [-0.2, -0.15) is 21.6 Å². The molecule has 120 valence electrons. The largest absolute Gasteiger partial charge is 0.434 e. The van der Waals surface area contributed by atoms with Crippen LogP contribution < -0.4 is 14.8 Å². The SMILES string of the molecule is NS(=O)(=O)NC[C@H]1CCCN(c2nc(C(F)(F)F)cs2)C1. The van der Waals surface area contributed by atoms with Gasteiger partial charge in [0, 0.05) is 25.0 Å². The lowest BCUT2D eigenvalue weighted by Gasteiger charge is -2.32. The fraction of sp³-hybridized carbons (Fsp3) is 0.700. The molecule has 0 aliphatic carbocycles. The summed E-state index contributed by atoms with van der Waals surface area (Å²) in [6, 6.07) is 0. The highest BCUT2D eigenvalue weighted by atomic mass is 32.2. The number of halogens is 3. The van der Waals surface area contributed by atoms with Gasteiger partial charge in [-0.25, -0.2) is 14.8 Å². The van der Waals surface area contributed by atoms with E-state index in [2.05, 4.69) is 9.71 Å². The van der Waals surface area contributed by atoms with E-state index in [0.717, 1.165) is 29.6 Å². The summed E-state index contributed by atoms with van der Waals surface area (Å²) in [4.78, 5) is 5.35. The Morgan fingerprint density at radius 2 is 2.24 bits per heavy atom. The lowest BCUT2D eigenvalue weighted by molar-refractivity contribution is -0.140. The van der Waals surface area contributed by atoms with Gasteiger partial charge in [-0.3, -0.25) is 0 Å². The number of aromatic nitrogens is 1. The van der Waals surface area contributed by atoms with Gasteiger partial charge in [0.05, 0.1) is 0 Å². The van der Waals surface area contributed by atoms with Crippen LogP contribution >= 0.6 is 11.3 Å². The summed E-state index contributed by atoms with van der Waals surface area (Å²) in [6.45, 7) is 1.23. The van der Waals surface area contributed by atoms with E-state index in [1.165, 1.54) is 0 Å². The van der Waals surface area contributed by atoms with E-state index >= 15 is 0 Å². The third kappa shape index (κ3) is 4.80.